The molecule has 0 bridgehead atoms. The number of Topliss-reactive ketones (excluding diaryl/α,β-unsaturated/α-hetero) is 1. The number of nitrogens with zero attached hydrogens (tertiary/aromatic N) is 1. The van der Waals surface area contributed by atoms with Crippen molar-refractivity contribution in [1.29, 1.82) is 0 Å². The average Bonchev–Trinajstić information content (AvgIpc) is 3.17. The van der Waals surface area contributed by atoms with Gasteiger partial charge in [-0.3, -0.25) is 9.59 Å². The van der Waals surface area contributed by atoms with Crippen molar-refractivity contribution in [3.63, 3.8) is 0 Å². The van der Waals surface area contributed by atoms with E-state index in [4.69, 9.17) is 0 Å². The van der Waals surface area contributed by atoms with Crippen LogP contribution in [-0.4, -0.2) is 42.3 Å². The van der Waals surface area contributed by atoms with Crippen molar-refractivity contribution in [2.45, 2.75) is 57.9 Å². The predicted molar refractivity (Wildman–Crippen MR) is 99.9 cm³/mol. The third kappa shape index (κ3) is 4.69. The lowest BCUT2D eigenvalue weighted by Crippen LogP contribution is -2.40. The quantitative estimate of drug-likeness (QED) is 0.803. The second-order valence-corrected chi connectivity index (χ2v) is 7.56. The molecule has 0 radical (unpaired) electrons. The number of likely N-dealkylation sites (tertiary alicyclic amines) is 1. The first-order valence-electron chi connectivity index (χ1n) is 9.77. The summed E-state index contributed by atoms with van der Waals surface area (Å²) in [7, 11) is 0. The van der Waals surface area contributed by atoms with E-state index in [0.29, 0.717) is 23.6 Å². The van der Waals surface area contributed by atoms with Crippen molar-refractivity contribution in [3.05, 3.63) is 35.4 Å². The first-order chi connectivity index (χ1) is 12.1. The fraction of sp³-hybridized carbons (Fsp3) is 0.619. The van der Waals surface area contributed by atoms with Gasteiger partial charge >= 0.3 is 0 Å². The van der Waals surface area contributed by atoms with E-state index in [-0.39, 0.29) is 11.7 Å². The number of hydrogen-bond donors (Lipinski definition) is 1. The smallest absolute Gasteiger partial charge is 0.252 e. The number of piperidine rings is 1. The van der Waals surface area contributed by atoms with Crippen LogP contribution in [0.5, 0.6) is 0 Å². The first kappa shape index (κ1) is 18.1. The number of nitrogens with one attached hydrogen (secondary N) is 1. The van der Waals surface area contributed by atoms with Crippen LogP contribution < -0.4 is 5.32 Å². The molecule has 3 rings (SSSR count). The van der Waals surface area contributed by atoms with Gasteiger partial charge in [0.15, 0.2) is 5.78 Å². The summed E-state index contributed by atoms with van der Waals surface area (Å²) in [5, 5.41) is 3.00. The predicted octanol–water partition coefficient (Wildman–Crippen LogP) is 3.66. The van der Waals surface area contributed by atoms with E-state index in [0.717, 1.165) is 12.5 Å². The Balaban J connectivity index is 1.41. The number of carbonyl (C=O) groups excluding carboxylic acids is 2. The molecule has 1 heterocycles. The van der Waals surface area contributed by atoms with Gasteiger partial charge in [-0.15, -0.1) is 0 Å². The summed E-state index contributed by atoms with van der Waals surface area (Å²) in [5.41, 5.74) is 0.996. The normalized spacial score (nSPS) is 19.9. The number of hydrogen-bond acceptors (Lipinski definition) is 3. The maximum absolute atomic E-state index is 12.4. The summed E-state index contributed by atoms with van der Waals surface area (Å²) < 4.78 is 0. The van der Waals surface area contributed by atoms with Crippen LogP contribution in [0.3, 0.4) is 0 Å². The van der Waals surface area contributed by atoms with Crippen LogP contribution in [0.4, 0.5) is 0 Å². The Kier molecular flexibility index (Phi) is 6.24. The zero-order valence-electron chi connectivity index (χ0n) is 15.3. The molecule has 136 valence electrons. The highest BCUT2D eigenvalue weighted by atomic mass is 16.2. The minimum Gasteiger partial charge on any atom is -0.352 e. The minimum atomic E-state index is -0.130. The molecule has 0 aromatic heterocycles. The van der Waals surface area contributed by atoms with Gasteiger partial charge in [0, 0.05) is 18.2 Å². The van der Waals surface area contributed by atoms with E-state index in [1.54, 1.807) is 24.3 Å². The number of rotatable bonds is 6. The Morgan fingerprint density at radius 3 is 2.32 bits per heavy atom. The Morgan fingerprint density at radius 2 is 1.68 bits per heavy atom. The molecule has 1 aliphatic heterocycles. The highest BCUT2D eigenvalue weighted by Crippen LogP contribution is 2.28. The van der Waals surface area contributed by atoms with Crippen LogP contribution >= 0.6 is 0 Å². The van der Waals surface area contributed by atoms with E-state index in [1.165, 1.54) is 58.5 Å². The van der Waals surface area contributed by atoms with Crippen molar-refractivity contribution < 1.29 is 9.59 Å². The van der Waals surface area contributed by atoms with E-state index >= 15 is 0 Å². The van der Waals surface area contributed by atoms with E-state index < -0.39 is 0 Å². The molecule has 1 aliphatic carbocycles. The van der Waals surface area contributed by atoms with E-state index in [2.05, 4.69) is 10.2 Å². The molecular formula is C21H30N2O2. The zero-order chi connectivity index (χ0) is 17.6. The fourth-order valence-corrected chi connectivity index (χ4v) is 4.35. The SMILES string of the molecule is CC(=O)c1ccccc1C(=O)NCCC1CCN(C2CCCC2)CC1. The second-order valence-electron chi connectivity index (χ2n) is 7.56. The molecule has 4 nitrogen and oxygen atoms in total. The molecule has 1 saturated carbocycles. The van der Waals surface area contributed by atoms with Crippen LogP contribution in [0.15, 0.2) is 24.3 Å². The third-order valence-corrected chi connectivity index (χ3v) is 5.88. The Bertz CT molecular complexity index is 600. The lowest BCUT2D eigenvalue weighted by molar-refractivity contribution is 0.0931. The molecule has 25 heavy (non-hydrogen) atoms. The molecule has 1 N–H and O–H groups in total. The van der Waals surface area contributed by atoms with Crippen LogP contribution in [0.1, 0.15) is 72.6 Å². The Labute approximate surface area is 151 Å². The number of carbonyl (C=O) groups is 2. The van der Waals surface area contributed by atoms with Gasteiger partial charge in [-0.05, 0) is 64.1 Å². The molecular weight excluding hydrogens is 312 g/mol. The summed E-state index contributed by atoms with van der Waals surface area (Å²) >= 11 is 0. The molecule has 1 amide bonds. The standard InChI is InChI=1S/C21H30N2O2/c1-16(24)19-8-4-5-9-20(19)21(25)22-13-10-17-11-14-23(15-12-17)18-6-2-3-7-18/h4-5,8-9,17-18H,2-3,6-7,10-15H2,1H3,(H,22,25). The molecule has 2 fully saturated rings. The summed E-state index contributed by atoms with van der Waals surface area (Å²) in [6.45, 7) is 4.64. The molecule has 1 aromatic rings. The molecule has 1 aromatic carbocycles. The van der Waals surface area contributed by atoms with Crippen LogP contribution in [0, 0.1) is 5.92 Å². The molecule has 0 atom stereocenters. The molecule has 2 aliphatic rings. The van der Waals surface area contributed by atoms with Gasteiger partial charge in [-0.25, -0.2) is 0 Å². The zero-order valence-corrected chi connectivity index (χ0v) is 15.3. The van der Waals surface area contributed by atoms with Gasteiger partial charge < -0.3 is 10.2 Å². The van der Waals surface area contributed by atoms with Gasteiger partial charge in [-0.2, -0.15) is 0 Å². The van der Waals surface area contributed by atoms with Crippen LogP contribution in [0.25, 0.3) is 0 Å². The monoisotopic (exact) mass is 342 g/mol. The maximum Gasteiger partial charge on any atom is 0.252 e. The minimum absolute atomic E-state index is 0.0648. The fourth-order valence-electron chi connectivity index (χ4n) is 4.35. The average molecular weight is 342 g/mol. The van der Waals surface area contributed by atoms with Gasteiger partial charge in [0.05, 0.1) is 5.56 Å². The summed E-state index contributed by atoms with van der Waals surface area (Å²) in [6, 6.07) is 7.89. The van der Waals surface area contributed by atoms with Gasteiger partial charge in [0.2, 0.25) is 0 Å². The highest BCUT2D eigenvalue weighted by molar-refractivity contribution is 6.07. The lowest BCUT2D eigenvalue weighted by Gasteiger charge is -2.36. The maximum atomic E-state index is 12.4. The topological polar surface area (TPSA) is 49.4 Å². The summed E-state index contributed by atoms with van der Waals surface area (Å²) in [6.07, 6.45) is 9.10. The van der Waals surface area contributed by atoms with Gasteiger partial charge in [0.25, 0.3) is 5.91 Å². The van der Waals surface area contributed by atoms with Crippen molar-refractivity contribution in [2.24, 2.45) is 5.92 Å². The van der Waals surface area contributed by atoms with E-state index in [9.17, 15) is 9.59 Å². The number of ketones is 1. The van der Waals surface area contributed by atoms with Crippen molar-refractivity contribution in [3.8, 4) is 0 Å². The third-order valence-electron chi connectivity index (χ3n) is 5.88. The highest BCUT2D eigenvalue weighted by Gasteiger charge is 2.26. The van der Waals surface area contributed by atoms with Crippen LogP contribution in [-0.2, 0) is 0 Å². The Morgan fingerprint density at radius 1 is 1.04 bits per heavy atom. The molecule has 0 unspecified atom stereocenters. The number of benzene rings is 1. The summed E-state index contributed by atoms with van der Waals surface area (Å²) in [5.74, 6) is 0.514. The van der Waals surface area contributed by atoms with Crippen molar-refractivity contribution in [1.82, 2.24) is 10.2 Å². The lowest BCUT2D eigenvalue weighted by atomic mass is 9.92. The largest absolute Gasteiger partial charge is 0.352 e. The van der Waals surface area contributed by atoms with Crippen molar-refractivity contribution >= 4 is 11.7 Å². The first-order valence-corrected chi connectivity index (χ1v) is 9.77. The van der Waals surface area contributed by atoms with E-state index in [1.807, 2.05) is 0 Å². The Hall–Kier alpha value is -1.68. The molecule has 4 heteroatoms. The van der Waals surface area contributed by atoms with Crippen molar-refractivity contribution in [2.75, 3.05) is 19.6 Å². The second kappa shape index (κ2) is 8.61. The van der Waals surface area contributed by atoms with Gasteiger partial charge in [0.1, 0.15) is 0 Å². The molecule has 1 saturated heterocycles. The summed E-state index contributed by atoms with van der Waals surface area (Å²) in [4.78, 5) is 26.7. The number of amides is 1. The molecule has 0 spiro atoms. The van der Waals surface area contributed by atoms with Gasteiger partial charge in [-0.1, -0.05) is 31.0 Å². The van der Waals surface area contributed by atoms with Crippen LogP contribution in [0.2, 0.25) is 0 Å².